The molecule has 0 saturated carbocycles. The zero-order valence-electron chi connectivity index (χ0n) is 11.0. The second-order valence-corrected chi connectivity index (χ2v) is 7.93. The Morgan fingerprint density at radius 2 is 2.05 bits per heavy atom. The number of fused-ring (bicyclic) bond motifs is 1. The molecule has 3 heterocycles. The van der Waals surface area contributed by atoms with Crippen LogP contribution in [0, 0.1) is 11.8 Å². The van der Waals surface area contributed by atoms with E-state index in [0.717, 1.165) is 24.4 Å². The average Bonchev–Trinajstić information content (AvgIpc) is 3.11. The first-order chi connectivity index (χ1) is 9.54. The van der Waals surface area contributed by atoms with Gasteiger partial charge in [-0.25, -0.2) is 13.2 Å². The highest BCUT2D eigenvalue weighted by molar-refractivity contribution is 7.89. The van der Waals surface area contributed by atoms with Crippen LogP contribution in [-0.4, -0.2) is 52.0 Å². The van der Waals surface area contributed by atoms with Crippen molar-refractivity contribution in [2.45, 2.75) is 4.90 Å². The second-order valence-electron chi connectivity index (χ2n) is 5.11. The molecule has 20 heavy (non-hydrogen) atoms. The van der Waals surface area contributed by atoms with Crippen LogP contribution in [0.5, 0.6) is 0 Å². The summed E-state index contributed by atoms with van der Waals surface area (Å²) >= 11 is 1.10. The molecule has 8 heteroatoms. The van der Waals surface area contributed by atoms with Crippen LogP contribution in [0.1, 0.15) is 9.67 Å². The molecule has 2 atom stereocenters. The summed E-state index contributed by atoms with van der Waals surface area (Å²) in [4.78, 5) is 11.9. The third-order valence-electron chi connectivity index (χ3n) is 3.97. The molecule has 6 nitrogen and oxygen atoms in total. The van der Waals surface area contributed by atoms with E-state index in [-0.39, 0.29) is 9.77 Å². The number of carbonyl (C=O) groups excluding carboxylic acids is 1. The van der Waals surface area contributed by atoms with E-state index in [2.05, 4.69) is 10.1 Å². The highest BCUT2D eigenvalue weighted by Crippen LogP contribution is 2.33. The molecular weight excluding hydrogens is 300 g/mol. The Bertz CT molecular complexity index is 613. The first-order valence-electron chi connectivity index (χ1n) is 6.40. The van der Waals surface area contributed by atoms with Gasteiger partial charge in [-0.15, -0.1) is 11.3 Å². The van der Waals surface area contributed by atoms with Gasteiger partial charge in [0.15, 0.2) is 0 Å². The number of sulfonamides is 1. The van der Waals surface area contributed by atoms with Crippen molar-refractivity contribution in [1.82, 2.24) is 9.62 Å². The molecule has 0 unspecified atom stereocenters. The maximum Gasteiger partial charge on any atom is 0.349 e. The number of nitrogens with zero attached hydrogens (tertiary/aromatic N) is 1. The third-order valence-corrected chi connectivity index (χ3v) is 6.87. The molecule has 2 saturated heterocycles. The largest absolute Gasteiger partial charge is 0.465 e. The summed E-state index contributed by atoms with van der Waals surface area (Å²) in [5.74, 6) is 0.162. The van der Waals surface area contributed by atoms with Gasteiger partial charge >= 0.3 is 5.97 Å². The second kappa shape index (κ2) is 5.10. The number of thiophene rings is 1. The molecule has 0 spiro atoms. The van der Waals surface area contributed by atoms with E-state index in [4.69, 9.17) is 0 Å². The van der Waals surface area contributed by atoms with Gasteiger partial charge in [-0.1, -0.05) is 0 Å². The zero-order chi connectivity index (χ0) is 14.3. The summed E-state index contributed by atoms with van der Waals surface area (Å²) in [7, 11) is -2.35. The van der Waals surface area contributed by atoms with Crippen LogP contribution in [-0.2, 0) is 14.8 Å². The minimum absolute atomic E-state index is 0.0716. The van der Waals surface area contributed by atoms with Gasteiger partial charge in [0.1, 0.15) is 9.77 Å². The number of rotatable bonds is 3. The Labute approximate surface area is 121 Å². The van der Waals surface area contributed by atoms with Crippen LogP contribution in [0.15, 0.2) is 16.3 Å². The van der Waals surface area contributed by atoms with Crippen molar-refractivity contribution >= 4 is 27.3 Å². The zero-order valence-corrected chi connectivity index (χ0v) is 12.7. The first kappa shape index (κ1) is 14.0. The fourth-order valence-corrected chi connectivity index (χ4v) is 5.75. The fraction of sp³-hybridized carbons (Fsp3) is 0.583. The Kier molecular flexibility index (Phi) is 3.57. The molecule has 3 rings (SSSR count). The molecule has 1 aromatic rings. The number of carbonyl (C=O) groups is 1. The van der Waals surface area contributed by atoms with Gasteiger partial charge in [-0.05, 0) is 36.4 Å². The highest BCUT2D eigenvalue weighted by Gasteiger charge is 2.42. The fourth-order valence-electron chi connectivity index (χ4n) is 2.89. The molecule has 0 aromatic carbocycles. The van der Waals surface area contributed by atoms with Crippen molar-refractivity contribution in [2.75, 3.05) is 33.3 Å². The molecule has 0 bridgehead atoms. The molecule has 1 aromatic heterocycles. The van der Waals surface area contributed by atoms with Crippen LogP contribution in [0.25, 0.3) is 0 Å². The van der Waals surface area contributed by atoms with E-state index < -0.39 is 16.0 Å². The van der Waals surface area contributed by atoms with E-state index in [0.29, 0.717) is 24.9 Å². The summed E-state index contributed by atoms with van der Waals surface area (Å²) in [5, 5.41) is 4.88. The molecule has 110 valence electrons. The van der Waals surface area contributed by atoms with Crippen LogP contribution in [0.2, 0.25) is 0 Å². The number of methoxy groups -OCH3 is 1. The lowest BCUT2D eigenvalue weighted by molar-refractivity contribution is 0.0602. The van der Waals surface area contributed by atoms with E-state index >= 15 is 0 Å². The molecular formula is C12H16N2O4S2. The predicted molar refractivity (Wildman–Crippen MR) is 74.3 cm³/mol. The predicted octanol–water partition coefficient (Wildman–Crippen LogP) is 0.375. The number of ether oxygens (including phenoxy) is 1. The quantitative estimate of drug-likeness (QED) is 0.816. The van der Waals surface area contributed by atoms with Crippen molar-refractivity contribution in [3.05, 3.63) is 16.3 Å². The Balaban J connectivity index is 1.89. The van der Waals surface area contributed by atoms with E-state index in [1.54, 1.807) is 5.38 Å². The topological polar surface area (TPSA) is 75.7 Å². The summed E-state index contributed by atoms with van der Waals surface area (Å²) in [6.45, 7) is 2.78. The summed E-state index contributed by atoms with van der Waals surface area (Å²) < 4.78 is 31.5. The Hall–Kier alpha value is -0.960. The van der Waals surface area contributed by atoms with Gasteiger partial charge in [0.2, 0.25) is 10.0 Å². The lowest BCUT2D eigenvalue weighted by atomic mass is 10.0. The molecule has 0 aliphatic carbocycles. The highest BCUT2D eigenvalue weighted by atomic mass is 32.2. The third kappa shape index (κ3) is 2.16. The first-order valence-corrected chi connectivity index (χ1v) is 8.72. The minimum Gasteiger partial charge on any atom is -0.465 e. The van der Waals surface area contributed by atoms with Crippen LogP contribution in [0.3, 0.4) is 0 Å². The maximum atomic E-state index is 12.7. The van der Waals surface area contributed by atoms with Crippen LogP contribution < -0.4 is 5.32 Å². The van der Waals surface area contributed by atoms with Gasteiger partial charge in [0, 0.05) is 13.1 Å². The summed E-state index contributed by atoms with van der Waals surface area (Å²) in [6, 6.07) is 1.48. The summed E-state index contributed by atoms with van der Waals surface area (Å²) in [5.41, 5.74) is 0. The molecule has 0 radical (unpaired) electrons. The Morgan fingerprint density at radius 3 is 2.65 bits per heavy atom. The summed E-state index contributed by atoms with van der Waals surface area (Å²) in [6.07, 6.45) is 0. The van der Waals surface area contributed by atoms with Crippen molar-refractivity contribution in [1.29, 1.82) is 0 Å². The van der Waals surface area contributed by atoms with Crippen LogP contribution in [0.4, 0.5) is 0 Å². The molecule has 2 aliphatic rings. The van der Waals surface area contributed by atoms with Gasteiger partial charge < -0.3 is 10.1 Å². The maximum absolute atomic E-state index is 12.7. The molecule has 2 aliphatic heterocycles. The van der Waals surface area contributed by atoms with Crippen molar-refractivity contribution in [3.63, 3.8) is 0 Å². The standard InChI is InChI=1S/C12H16N2O4S2/c1-18-12(15)11-10(2-3-19-11)20(16,17)14-6-8-4-13-5-9(8)7-14/h2-3,8-9,13H,4-7H2,1H3/t8-,9+. The number of esters is 1. The van der Waals surface area contributed by atoms with Gasteiger partial charge in [-0.3, -0.25) is 0 Å². The van der Waals surface area contributed by atoms with Gasteiger partial charge in [-0.2, -0.15) is 4.31 Å². The normalized spacial score (nSPS) is 26.6. The minimum atomic E-state index is -3.61. The average molecular weight is 316 g/mol. The van der Waals surface area contributed by atoms with E-state index in [9.17, 15) is 13.2 Å². The molecule has 0 amide bonds. The van der Waals surface area contributed by atoms with Crippen LogP contribution >= 0.6 is 11.3 Å². The van der Waals surface area contributed by atoms with E-state index in [1.165, 1.54) is 17.5 Å². The lowest BCUT2D eigenvalue weighted by Crippen LogP contribution is -2.32. The van der Waals surface area contributed by atoms with Crippen molar-refractivity contribution < 1.29 is 17.9 Å². The number of hydrogen-bond donors (Lipinski definition) is 1. The van der Waals surface area contributed by atoms with Gasteiger partial charge in [0.05, 0.1) is 7.11 Å². The molecule has 2 fully saturated rings. The Morgan fingerprint density at radius 1 is 1.40 bits per heavy atom. The van der Waals surface area contributed by atoms with Gasteiger partial charge in [0.25, 0.3) is 0 Å². The smallest absolute Gasteiger partial charge is 0.349 e. The number of hydrogen-bond acceptors (Lipinski definition) is 6. The van der Waals surface area contributed by atoms with E-state index in [1.807, 2.05) is 0 Å². The van der Waals surface area contributed by atoms with Crippen molar-refractivity contribution in [2.24, 2.45) is 11.8 Å². The lowest BCUT2D eigenvalue weighted by Gasteiger charge is -2.17. The molecule has 1 N–H and O–H groups in total. The number of nitrogens with one attached hydrogen (secondary N) is 1. The van der Waals surface area contributed by atoms with Crippen molar-refractivity contribution in [3.8, 4) is 0 Å². The SMILES string of the molecule is COC(=O)c1sccc1S(=O)(=O)N1C[C@H]2CNC[C@H]2C1. The monoisotopic (exact) mass is 316 g/mol.